The number of hydrogen-bond donors (Lipinski definition) is 1. The van der Waals surface area contributed by atoms with Gasteiger partial charge in [0.2, 0.25) is 0 Å². The van der Waals surface area contributed by atoms with Gasteiger partial charge in [-0.2, -0.15) is 0 Å². The Morgan fingerprint density at radius 3 is 2.59 bits per heavy atom. The van der Waals surface area contributed by atoms with Crippen molar-refractivity contribution in [2.75, 3.05) is 17.7 Å². The summed E-state index contributed by atoms with van der Waals surface area (Å²) in [5.41, 5.74) is 1.40. The number of benzene rings is 2. The van der Waals surface area contributed by atoms with Crippen LogP contribution in [0.5, 0.6) is 5.75 Å². The standard InChI is InChI=1S/C18H21NO2S/c1-3-13-22-17-12-8-5-9-14(17)18(20)19-15-10-6-7-11-16(15)21-4-2/h5-12H,3-4,13H2,1-2H3,(H,19,20). The predicted octanol–water partition coefficient (Wildman–Crippen LogP) is 4.84. The molecule has 0 saturated heterocycles. The van der Waals surface area contributed by atoms with Gasteiger partial charge in [0, 0.05) is 4.90 Å². The second-order valence-electron chi connectivity index (χ2n) is 4.73. The molecule has 1 N–H and O–H groups in total. The minimum Gasteiger partial charge on any atom is -0.492 e. The fraction of sp³-hybridized carbons (Fsp3) is 0.278. The number of para-hydroxylation sites is 2. The van der Waals surface area contributed by atoms with Gasteiger partial charge in [-0.15, -0.1) is 11.8 Å². The van der Waals surface area contributed by atoms with E-state index in [4.69, 9.17) is 4.74 Å². The Labute approximate surface area is 136 Å². The largest absolute Gasteiger partial charge is 0.492 e. The van der Waals surface area contributed by atoms with Crippen molar-refractivity contribution >= 4 is 23.4 Å². The minimum atomic E-state index is -0.105. The van der Waals surface area contributed by atoms with Gasteiger partial charge >= 0.3 is 0 Å². The lowest BCUT2D eigenvalue weighted by Gasteiger charge is -2.13. The van der Waals surface area contributed by atoms with E-state index in [2.05, 4.69) is 12.2 Å². The highest BCUT2D eigenvalue weighted by atomic mass is 32.2. The molecular formula is C18H21NO2S. The third-order valence-electron chi connectivity index (χ3n) is 3.03. The van der Waals surface area contributed by atoms with Gasteiger partial charge < -0.3 is 10.1 Å². The zero-order valence-electron chi connectivity index (χ0n) is 13.0. The summed E-state index contributed by atoms with van der Waals surface area (Å²) in [6.45, 7) is 4.62. The number of carbonyl (C=O) groups excluding carboxylic acids is 1. The van der Waals surface area contributed by atoms with Crippen LogP contribution in [-0.2, 0) is 0 Å². The molecule has 116 valence electrons. The maximum absolute atomic E-state index is 12.6. The van der Waals surface area contributed by atoms with Gasteiger partial charge in [0.15, 0.2) is 0 Å². The van der Waals surface area contributed by atoms with Crippen LogP contribution in [-0.4, -0.2) is 18.3 Å². The Hall–Kier alpha value is -1.94. The van der Waals surface area contributed by atoms with E-state index in [-0.39, 0.29) is 5.91 Å². The molecule has 22 heavy (non-hydrogen) atoms. The van der Waals surface area contributed by atoms with Crippen LogP contribution in [0.1, 0.15) is 30.6 Å². The summed E-state index contributed by atoms with van der Waals surface area (Å²) >= 11 is 1.71. The molecule has 0 fully saturated rings. The third-order valence-corrected chi connectivity index (χ3v) is 4.31. The van der Waals surface area contributed by atoms with E-state index in [0.29, 0.717) is 23.6 Å². The first-order chi connectivity index (χ1) is 10.8. The number of rotatable bonds is 7. The first-order valence-electron chi connectivity index (χ1n) is 7.51. The average molecular weight is 315 g/mol. The molecule has 0 radical (unpaired) electrons. The smallest absolute Gasteiger partial charge is 0.256 e. The second-order valence-corrected chi connectivity index (χ2v) is 5.86. The van der Waals surface area contributed by atoms with Gasteiger partial charge in [0.05, 0.1) is 17.9 Å². The van der Waals surface area contributed by atoms with Crippen LogP contribution >= 0.6 is 11.8 Å². The number of amides is 1. The SMILES string of the molecule is CCCSc1ccccc1C(=O)Nc1ccccc1OCC. The van der Waals surface area contributed by atoms with Gasteiger partial charge in [-0.1, -0.05) is 31.2 Å². The van der Waals surface area contributed by atoms with Crippen molar-refractivity contribution < 1.29 is 9.53 Å². The molecule has 0 bridgehead atoms. The first kappa shape index (κ1) is 16.4. The van der Waals surface area contributed by atoms with E-state index in [0.717, 1.165) is 17.1 Å². The maximum atomic E-state index is 12.6. The molecule has 0 spiro atoms. The highest BCUT2D eigenvalue weighted by Crippen LogP contribution is 2.27. The number of anilines is 1. The van der Waals surface area contributed by atoms with Crippen LogP contribution in [0.3, 0.4) is 0 Å². The van der Waals surface area contributed by atoms with Gasteiger partial charge in [0.1, 0.15) is 5.75 Å². The molecule has 3 nitrogen and oxygen atoms in total. The Balaban J connectivity index is 2.19. The molecular weight excluding hydrogens is 294 g/mol. The quantitative estimate of drug-likeness (QED) is 0.743. The van der Waals surface area contributed by atoms with Crippen molar-refractivity contribution in [3.63, 3.8) is 0 Å². The monoisotopic (exact) mass is 315 g/mol. The van der Waals surface area contributed by atoms with Gasteiger partial charge in [-0.25, -0.2) is 0 Å². The lowest BCUT2D eigenvalue weighted by molar-refractivity contribution is 0.102. The molecule has 2 aromatic rings. The van der Waals surface area contributed by atoms with Crippen molar-refractivity contribution in [2.24, 2.45) is 0 Å². The molecule has 0 aromatic heterocycles. The summed E-state index contributed by atoms with van der Waals surface area (Å²) in [6.07, 6.45) is 1.08. The van der Waals surface area contributed by atoms with Crippen molar-refractivity contribution in [3.05, 3.63) is 54.1 Å². The van der Waals surface area contributed by atoms with E-state index in [1.807, 2.05) is 55.5 Å². The molecule has 4 heteroatoms. The van der Waals surface area contributed by atoms with Crippen molar-refractivity contribution in [3.8, 4) is 5.75 Å². The molecule has 0 aliphatic heterocycles. The Morgan fingerprint density at radius 2 is 1.82 bits per heavy atom. The topological polar surface area (TPSA) is 38.3 Å². The van der Waals surface area contributed by atoms with Gasteiger partial charge in [0.25, 0.3) is 5.91 Å². The fourth-order valence-corrected chi connectivity index (χ4v) is 2.95. The number of nitrogens with one attached hydrogen (secondary N) is 1. The average Bonchev–Trinajstić information content (AvgIpc) is 2.55. The zero-order valence-corrected chi connectivity index (χ0v) is 13.8. The van der Waals surface area contributed by atoms with E-state index < -0.39 is 0 Å². The lowest BCUT2D eigenvalue weighted by atomic mass is 10.2. The van der Waals surface area contributed by atoms with Gasteiger partial charge in [-0.05, 0) is 43.4 Å². The summed E-state index contributed by atoms with van der Waals surface area (Å²) in [4.78, 5) is 13.6. The van der Waals surface area contributed by atoms with Crippen LogP contribution < -0.4 is 10.1 Å². The summed E-state index contributed by atoms with van der Waals surface area (Å²) in [6, 6.07) is 15.2. The number of thioether (sulfide) groups is 1. The number of ether oxygens (including phenoxy) is 1. The van der Waals surface area contributed by atoms with Crippen LogP contribution in [0.4, 0.5) is 5.69 Å². The minimum absolute atomic E-state index is 0.105. The molecule has 0 saturated carbocycles. The zero-order chi connectivity index (χ0) is 15.8. The molecule has 0 aliphatic carbocycles. The van der Waals surface area contributed by atoms with Crippen molar-refractivity contribution in [1.29, 1.82) is 0 Å². The molecule has 0 aliphatic rings. The lowest BCUT2D eigenvalue weighted by Crippen LogP contribution is -2.14. The van der Waals surface area contributed by atoms with E-state index in [9.17, 15) is 4.79 Å². The summed E-state index contributed by atoms with van der Waals surface area (Å²) in [5, 5.41) is 2.95. The first-order valence-corrected chi connectivity index (χ1v) is 8.49. The molecule has 2 aromatic carbocycles. The molecule has 1 amide bonds. The summed E-state index contributed by atoms with van der Waals surface area (Å²) in [7, 11) is 0. The molecule has 0 heterocycles. The number of hydrogen-bond acceptors (Lipinski definition) is 3. The highest BCUT2D eigenvalue weighted by Gasteiger charge is 2.13. The number of carbonyl (C=O) groups is 1. The Kier molecular flexibility index (Phi) is 6.34. The normalized spacial score (nSPS) is 10.3. The van der Waals surface area contributed by atoms with Crippen LogP contribution in [0.2, 0.25) is 0 Å². The fourth-order valence-electron chi connectivity index (χ4n) is 2.03. The van der Waals surface area contributed by atoms with Crippen molar-refractivity contribution in [1.82, 2.24) is 0 Å². The molecule has 0 atom stereocenters. The molecule has 2 rings (SSSR count). The van der Waals surface area contributed by atoms with E-state index in [1.165, 1.54) is 0 Å². The van der Waals surface area contributed by atoms with E-state index >= 15 is 0 Å². The maximum Gasteiger partial charge on any atom is 0.256 e. The molecule has 0 unspecified atom stereocenters. The Bertz CT molecular complexity index is 628. The predicted molar refractivity (Wildman–Crippen MR) is 93.0 cm³/mol. The van der Waals surface area contributed by atoms with E-state index in [1.54, 1.807) is 11.8 Å². The van der Waals surface area contributed by atoms with Crippen LogP contribution in [0.15, 0.2) is 53.4 Å². The third kappa shape index (κ3) is 4.28. The van der Waals surface area contributed by atoms with Crippen LogP contribution in [0.25, 0.3) is 0 Å². The summed E-state index contributed by atoms with van der Waals surface area (Å²) in [5.74, 6) is 1.59. The Morgan fingerprint density at radius 1 is 1.09 bits per heavy atom. The summed E-state index contributed by atoms with van der Waals surface area (Å²) < 4.78 is 5.55. The van der Waals surface area contributed by atoms with Gasteiger partial charge in [-0.3, -0.25) is 4.79 Å². The highest BCUT2D eigenvalue weighted by molar-refractivity contribution is 7.99. The second kappa shape index (κ2) is 8.49. The van der Waals surface area contributed by atoms with Crippen LogP contribution in [0, 0.1) is 0 Å². The van der Waals surface area contributed by atoms with Crippen molar-refractivity contribution in [2.45, 2.75) is 25.2 Å².